The largest absolute Gasteiger partial charge is 0.510 e. The van der Waals surface area contributed by atoms with E-state index in [1.807, 2.05) is 6.08 Å². The Kier molecular flexibility index (Phi) is 34.1. The quantitative estimate of drug-likeness (QED) is 0.0236. The first kappa shape index (κ1) is 91.7. The van der Waals surface area contributed by atoms with E-state index in [2.05, 4.69) is 75.4 Å². The fourth-order valence-corrected chi connectivity index (χ4v) is 13.5. The maximum absolute atomic E-state index is 14.1. The number of aliphatic hydroxyl groups is 11. The number of carboxylic acid groups (broad SMARTS) is 1. The van der Waals surface area contributed by atoms with Crippen molar-refractivity contribution in [2.24, 2.45) is 16.9 Å². The maximum atomic E-state index is 14.1. The molecular formula is C69H108N5O34P. The highest BCUT2D eigenvalue weighted by atomic mass is 31.2. The van der Waals surface area contributed by atoms with Crippen molar-refractivity contribution < 1.29 is 165 Å². The number of carboxylic acids is 1. The van der Waals surface area contributed by atoms with Crippen molar-refractivity contribution in [3.05, 3.63) is 70.7 Å². The Labute approximate surface area is 628 Å². The number of carbonyl (C=O) groups is 7. The van der Waals surface area contributed by atoms with Gasteiger partial charge in [0, 0.05) is 26.7 Å². The van der Waals surface area contributed by atoms with E-state index in [9.17, 15) is 104 Å². The van der Waals surface area contributed by atoms with E-state index >= 15 is 0 Å². The Morgan fingerprint density at radius 2 is 1.29 bits per heavy atom. The minimum absolute atomic E-state index is 0.128. The number of phosphoric ester groups is 1. The van der Waals surface area contributed by atoms with E-state index in [4.69, 9.17) is 72.6 Å². The van der Waals surface area contributed by atoms with Crippen molar-refractivity contribution in [2.45, 2.75) is 286 Å². The summed E-state index contributed by atoms with van der Waals surface area (Å²) < 4.78 is 88.9. The van der Waals surface area contributed by atoms with Crippen LogP contribution in [0.4, 0.5) is 4.79 Å². The number of amides is 5. The Balaban J connectivity index is 1.25. The molecular weight excluding hydrogens is 1470 g/mol. The molecule has 5 fully saturated rings. The summed E-state index contributed by atoms with van der Waals surface area (Å²) >= 11 is 0. The molecule has 0 radical (unpaired) electrons. The van der Waals surface area contributed by atoms with Gasteiger partial charge < -0.3 is 146 Å². The second-order valence-corrected chi connectivity index (χ2v) is 30.3. The number of hydrogen-bond donors (Lipinski definition) is 18. The summed E-state index contributed by atoms with van der Waals surface area (Å²) in [5, 5.41) is 139. The predicted molar refractivity (Wildman–Crippen MR) is 372 cm³/mol. The molecule has 6 rings (SSSR count). The first-order valence-corrected chi connectivity index (χ1v) is 36.9. The number of allylic oxidation sites excluding steroid dienone is 10. The van der Waals surface area contributed by atoms with Crippen LogP contribution in [0.1, 0.15) is 127 Å². The number of ketones is 1. The highest BCUT2D eigenvalue weighted by molar-refractivity contribution is 7.47. The van der Waals surface area contributed by atoms with Gasteiger partial charge in [0.1, 0.15) is 102 Å². The number of carbonyl (C=O) groups excluding carboxylic acids is 6. The lowest BCUT2D eigenvalue weighted by Crippen LogP contribution is -2.72. The first-order valence-electron chi connectivity index (χ1n) is 35.4. The molecule has 0 bridgehead atoms. The molecule has 27 atom stereocenters. The molecule has 5 aliphatic heterocycles. The zero-order chi connectivity index (χ0) is 81.5. The van der Waals surface area contributed by atoms with E-state index in [1.54, 1.807) is 13.0 Å². The Hall–Kier alpha value is -6.16. The van der Waals surface area contributed by atoms with Gasteiger partial charge in [-0.15, -0.1) is 0 Å². The molecule has 0 spiro atoms. The summed E-state index contributed by atoms with van der Waals surface area (Å²) in [5.41, 5.74) is 12.0. The van der Waals surface area contributed by atoms with Crippen LogP contribution in [0, 0.1) is 5.41 Å². The van der Waals surface area contributed by atoms with E-state index < -0.39 is 240 Å². The summed E-state index contributed by atoms with van der Waals surface area (Å²) in [6.07, 6.45) is -35.4. The SMILES string of the molecule is C=C(C/C=C(\C)CCC=C(C)C)CCC(C)(C)/C=C/CC/C(C)=C\CO[C@H](COP(=O)(O)O[C@H]1O[C@H](C(N)=O)[C@@](C)(O)[C@H](OC(N)=O)[C@H]1OC1O[C@H](CO[C@@H]2O[C@H](CO)[C@@H](O)[C@H](O)[C@H]2O)[C@@H](O[C@@H]2O[C@H](C)[C@@H](O[C@@H]3O[C@H](C(=O)NC4=C(O)CCC4=O)[C@H](O)[C@H](O)[C@H]3O)[C@H](O)[C@H]2NC(C)=O)[C@H](O)[C@H]1NC(C)=O)C(=O)O. The fourth-order valence-electron chi connectivity index (χ4n) is 12.6. The van der Waals surface area contributed by atoms with Crippen LogP contribution in [0.5, 0.6) is 0 Å². The number of Topliss-reactive ketones (excluding diaryl/α,β-unsaturated/α-hetero) is 1. The van der Waals surface area contributed by atoms with Crippen LogP contribution in [-0.4, -0.2) is 293 Å². The summed E-state index contributed by atoms with van der Waals surface area (Å²) in [6.45, 7) is 16.8. The van der Waals surface area contributed by atoms with Crippen molar-refractivity contribution in [2.75, 3.05) is 26.4 Å². The fraction of sp³-hybridized carbons (Fsp3) is 0.725. The van der Waals surface area contributed by atoms with Crippen LogP contribution < -0.4 is 27.4 Å². The molecule has 20 N–H and O–H groups in total. The van der Waals surface area contributed by atoms with Gasteiger partial charge in [0.15, 0.2) is 67.8 Å². The molecule has 109 heavy (non-hydrogen) atoms. The van der Waals surface area contributed by atoms with Gasteiger partial charge in [-0.1, -0.05) is 73.1 Å². The highest BCUT2D eigenvalue weighted by Crippen LogP contribution is 2.49. The van der Waals surface area contributed by atoms with Gasteiger partial charge in [-0.2, -0.15) is 0 Å². The van der Waals surface area contributed by atoms with Crippen LogP contribution in [0.25, 0.3) is 0 Å². The molecule has 0 aromatic carbocycles. The third-order valence-corrected chi connectivity index (χ3v) is 19.9. The topological polar surface area (TPSA) is 608 Å². The lowest BCUT2D eigenvalue weighted by atomic mass is 9.85. The first-order chi connectivity index (χ1) is 50.9. The van der Waals surface area contributed by atoms with Crippen LogP contribution in [0.15, 0.2) is 70.7 Å². The number of primary amides is 2. The number of aliphatic hydroxyl groups excluding tert-OH is 10. The number of rotatable bonds is 37. The van der Waals surface area contributed by atoms with Crippen molar-refractivity contribution >= 4 is 49.3 Å². The van der Waals surface area contributed by atoms with E-state index in [0.717, 1.165) is 64.0 Å². The Bertz CT molecular complexity index is 3360. The smallest absolute Gasteiger partial charge is 0.474 e. The van der Waals surface area contributed by atoms with E-state index in [1.165, 1.54) is 18.1 Å². The molecule has 5 amide bonds. The monoisotopic (exact) mass is 1580 g/mol. The molecule has 618 valence electrons. The van der Waals surface area contributed by atoms with Gasteiger partial charge in [0.25, 0.3) is 5.91 Å². The minimum atomic E-state index is -5.85. The van der Waals surface area contributed by atoms with Gasteiger partial charge in [-0.3, -0.25) is 33.0 Å². The van der Waals surface area contributed by atoms with Gasteiger partial charge in [-0.05, 0) is 91.9 Å². The summed E-state index contributed by atoms with van der Waals surface area (Å²) in [4.78, 5) is 102. The number of nitrogens with one attached hydrogen (secondary N) is 3. The molecule has 40 heteroatoms. The molecule has 0 aromatic rings. The molecule has 5 heterocycles. The minimum Gasteiger partial charge on any atom is -0.510 e. The molecule has 1 aliphatic carbocycles. The van der Waals surface area contributed by atoms with Crippen molar-refractivity contribution in [3.8, 4) is 0 Å². The lowest BCUT2D eigenvalue weighted by molar-refractivity contribution is -0.375. The summed E-state index contributed by atoms with van der Waals surface area (Å²) in [7, 11) is -5.85. The van der Waals surface area contributed by atoms with Crippen LogP contribution in [0.3, 0.4) is 0 Å². The third kappa shape index (κ3) is 25.4. The number of ether oxygens (including phenoxy) is 11. The molecule has 5 saturated heterocycles. The average molecular weight is 1580 g/mol. The zero-order valence-electron chi connectivity index (χ0n) is 62.2. The lowest BCUT2D eigenvalue weighted by Gasteiger charge is -2.52. The normalized spacial score (nSPS) is 35.6. The number of nitrogens with two attached hydrogens (primary N) is 2. The third-order valence-electron chi connectivity index (χ3n) is 18.9. The predicted octanol–water partition coefficient (Wildman–Crippen LogP) is -2.03. The van der Waals surface area contributed by atoms with Gasteiger partial charge in [-0.25, -0.2) is 14.2 Å². The summed E-state index contributed by atoms with van der Waals surface area (Å²) in [6, 6.07) is -4.00. The van der Waals surface area contributed by atoms with Crippen LogP contribution >= 0.6 is 7.82 Å². The maximum Gasteiger partial charge on any atom is 0.474 e. The molecule has 0 saturated carbocycles. The van der Waals surface area contributed by atoms with Crippen molar-refractivity contribution in [3.63, 3.8) is 0 Å². The second kappa shape index (κ2) is 40.5. The number of hydrogen-bond acceptors (Lipinski definition) is 32. The van der Waals surface area contributed by atoms with Crippen molar-refractivity contribution in [1.29, 1.82) is 0 Å². The van der Waals surface area contributed by atoms with E-state index in [0.29, 0.717) is 12.8 Å². The average Bonchev–Trinajstić information content (AvgIpc) is 1.80. The second-order valence-electron chi connectivity index (χ2n) is 28.9. The molecule has 2 unspecified atom stereocenters. The Morgan fingerprint density at radius 1 is 0.716 bits per heavy atom. The van der Waals surface area contributed by atoms with Crippen LogP contribution in [0.2, 0.25) is 0 Å². The van der Waals surface area contributed by atoms with E-state index in [-0.39, 0.29) is 24.9 Å². The number of phosphoric acid groups is 1. The molecule has 6 aliphatic rings. The molecule has 0 aromatic heterocycles. The van der Waals surface area contributed by atoms with Crippen LogP contribution in [-0.2, 0) is 94.5 Å². The van der Waals surface area contributed by atoms with Crippen molar-refractivity contribution in [1.82, 2.24) is 16.0 Å². The zero-order valence-corrected chi connectivity index (χ0v) is 63.1. The number of aliphatic carboxylic acids is 1. The molecule has 39 nitrogen and oxygen atoms in total. The standard InChI is InChI=1S/C69H108N5O34P/c1-30(2)15-14-17-31(3)18-19-33(5)22-25-68(9,10)24-13-12-16-32(4)23-26-96-41(61(90)91)29-98-109(94,95)108-66-56(57(107-67(71)92)69(11,93)58(106-66)59(70)88)105-63-44(73-36(8)77)47(82)54(40(101-63)28-97-64-51(86)48(83)45(80)39(27-75)100-64)103-62-43(72-35(7)76)46(81)53(34(6)99-62)102-65-52(87)49(84)50(85)55(104-65)60(89)74-42-37(78)20-21-38(42)79/h13,15,18,23-24,34,39-41,43-58,62-66,75,78,80-87,93H,5,12,14,16-17,19-22,25-29H2,1-4,6-11H3,(H2,70,88)(H2,71,92)(H,72,76)(H,73,77)(H,74,89)(H,90,91)(H,94,95)/b24-13+,31-18+,32-23-/t34-,39-,40-,41-,43-,44-,45-,46-,47-,48+,49+,50-,51-,52-,53-,54-,55+,56-,57-,58-,62+,63?,64-,65-,66-,69+/m1/s1. The van der Waals surface area contributed by atoms with Gasteiger partial charge in [0.2, 0.25) is 17.7 Å². The van der Waals surface area contributed by atoms with Gasteiger partial charge >= 0.3 is 19.9 Å². The van der Waals surface area contributed by atoms with Gasteiger partial charge in [0.05, 0.1) is 32.5 Å². The highest BCUT2D eigenvalue weighted by Gasteiger charge is 2.62. The summed E-state index contributed by atoms with van der Waals surface area (Å²) in [5.74, 6) is -7.66. The Morgan fingerprint density at radius 3 is 1.88 bits per heavy atom.